The Morgan fingerprint density at radius 1 is 1.04 bits per heavy atom. The van der Waals surface area contributed by atoms with Crippen molar-refractivity contribution in [1.29, 1.82) is 0 Å². The van der Waals surface area contributed by atoms with Crippen LogP contribution in [0, 0.1) is 0 Å². The number of rotatable bonds is 4. The monoisotopic (exact) mass is 362 g/mol. The Balaban J connectivity index is 2.00. The summed E-state index contributed by atoms with van der Waals surface area (Å²) in [6.07, 6.45) is 0. The zero-order chi connectivity index (χ0) is 17.3. The van der Waals surface area contributed by atoms with Crippen LogP contribution in [0.25, 0.3) is 11.0 Å². The Hall–Kier alpha value is -2.44. The zero-order valence-electron chi connectivity index (χ0n) is 12.2. The summed E-state index contributed by atoms with van der Waals surface area (Å²) in [4.78, 5) is 24.3. The Labute approximate surface area is 142 Å². The highest BCUT2D eigenvalue weighted by molar-refractivity contribution is 7.92. The molecule has 0 fully saturated rings. The number of fused-ring (bicyclic) bond motifs is 1. The molecule has 0 saturated carbocycles. The normalized spacial score (nSPS) is 11.5. The molecule has 0 aliphatic heterocycles. The molecule has 0 spiro atoms. The van der Waals surface area contributed by atoms with Gasteiger partial charge < -0.3 is 4.42 Å². The van der Waals surface area contributed by atoms with Crippen molar-refractivity contribution in [1.82, 2.24) is 0 Å². The van der Waals surface area contributed by atoms with Gasteiger partial charge in [-0.1, -0.05) is 29.8 Å². The van der Waals surface area contributed by atoms with Crippen LogP contribution in [0.15, 0.2) is 68.7 Å². The smallest absolute Gasteiger partial charge is 0.347 e. The number of hydrogen-bond acceptors (Lipinski definition) is 5. The standard InChI is InChI=1S/C17H11ClO5S/c18-12-6-7-16-11(8-12)9-14(17(20)23-16)15(19)10-24(21,22)13-4-2-1-3-5-13/h1-9H,10H2. The highest BCUT2D eigenvalue weighted by atomic mass is 35.5. The molecule has 0 saturated heterocycles. The van der Waals surface area contributed by atoms with E-state index in [0.717, 1.165) is 0 Å². The van der Waals surface area contributed by atoms with E-state index in [1.165, 1.54) is 30.3 Å². The van der Waals surface area contributed by atoms with Crippen molar-refractivity contribution in [2.24, 2.45) is 0 Å². The number of carbonyl (C=O) groups is 1. The molecule has 0 N–H and O–H groups in total. The highest BCUT2D eigenvalue weighted by Gasteiger charge is 2.23. The summed E-state index contributed by atoms with van der Waals surface area (Å²) in [5, 5.41) is 0.856. The molecule has 0 radical (unpaired) electrons. The number of ketones is 1. The predicted octanol–water partition coefficient (Wildman–Crippen LogP) is 3.10. The van der Waals surface area contributed by atoms with E-state index in [-0.39, 0.29) is 16.0 Å². The molecule has 5 nitrogen and oxygen atoms in total. The number of hydrogen-bond donors (Lipinski definition) is 0. The molecule has 0 bridgehead atoms. The molecule has 122 valence electrons. The Morgan fingerprint density at radius 3 is 2.46 bits per heavy atom. The van der Waals surface area contributed by atoms with Crippen molar-refractivity contribution in [2.45, 2.75) is 4.90 Å². The van der Waals surface area contributed by atoms with Crippen LogP contribution in [0.5, 0.6) is 0 Å². The van der Waals surface area contributed by atoms with Gasteiger partial charge in [0, 0.05) is 10.4 Å². The first-order valence-electron chi connectivity index (χ1n) is 6.91. The second-order valence-corrected chi connectivity index (χ2v) is 7.55. The Bertz CT molecular complexity index is 1080. The van der Waals surface area contributed by atoms with Gasteiger partial charge in [-0.25, -0.2) is 13.2 Å². The van der Waals surface area contributed by atoms with Crippen molar-refractivity contribution < 1.29 is 17.6 Å². The average Bonchev–Trinajstić information content (AvgIpc) is 2.55. The van der Waals surface area contributed by atoms with Crippen molar-refractivity contribution >= 4 is 38.2 Å². The van der Waals surface area contributed by atoms with Gasteiger partial charge in [0.05, 0.1) is 4.90 Å². The van der Waals surface area contributed by atoms with Crippen LogP contribution in [0.2, 0.25) is 5.02 Å². The molecular weight excluding hydrogens is 352 g/mol. The van der Waals surface area contributed by atoms with Gasteiger partial charge in [-0.2, -0.15) is 0 Å². The second-order valence-electron chi connectivity index (χ2n) is 5.12. The molecule has 3 rings (SSSR count). The lowest BCUT2D eigenvalue weighted by Gasteiger charge is -2.04. The largest absolute Gasteiger partial charge is 0.422 e. The molecule has 0 aliphatic rings. The number of Topliss-reactive ketones (excluding diaryl/α,β-unsaturated/α-hetero) is 1. The molecule has 0 unspecified atom stereocenters. The SMILES string of the molecule is O=C(CS(=O)(=O)c1ccccc1)c1cc2cc(Cl)ccc2oc1=O. The first kappa shape index (κ1) is 16.4. The Morgan fingerprint density at radius 2 is 1.75 bits per heavy atom. The van der Waals surface area contributed by atoms with Crippen LogP contribution in [-0.4, -0.2) is 20.0 Å². The van der Waals surface area contributed by atoms with E-state index in [2.05, 4.69) is 0 Å². The number of halogens is 1. The van der Waals surface area contributed by atoms with E-state index >= 15 is 0 Å². The van der Waals surface area contributed by atoms with Crippen molar-refractivity contribution in [3.8, 4) is 0 Å². The van der Waals surface area contributed by atoms with E-state index < -0.39 is 27.0 Å². The quantitative estimate of drug-likeness (QED) is 0.526. The molecule has 0 amide bonds. The van der Waals surface area contributed by atoms with Gasteiger partial charge >= 0.3 is 5.63 Å². The molecule has 2 aromatic carbocycles. The summed E-state index contributed by atoms with van der Waals surface area (Å²) < 4.78 is 29.6. The van der Waals surface area contributed by atoms with Crippen LogP contribution in [0.1, 0.15) is 10.4 Å². The lowest BCUT2D eigenvalue weighted by Crippen LogP contribution is -2.22. The molecule has 3 aromatic rings. The van der Waals surface area contributed by atoms with Gasteiger partial charge in [0.2, 0.25) is 0 Å². The summed E-state index contributed by atoms with van der Waals surface area (Å²) >= 11 is 5.88. The predicted molar refractivity (Wildman–Crippen MR) is 90.3 cm³/mol. The maximum absolute atomic E-state index is 12.3. The molecule has 1 aromatic heterocycles. The third kappa shape index (κ3) is 3.25. The van der Waals surface area contributed by atoms with Crippen LogP contribution < -0.4 is 5.63 Å². The maximum atomic E-state index is 12.3. The van der Waals surface area contributed by atoms with E-state index in [1.807, 2.05) is 0 Å². The minimum Gasteiger partial charge on any atom is -0.422 e. The Kier molecular flexibility index (Phi) is 4.26. The minimum absolute atomic E-state index is 0.0200. The van der Waals surface area contributed by atoms with E-state index in [0.29, 0.717) is 10.4 Å². The lowest BCUT2D eigenvalue weighted by atomic mass is 10.1. The molecule has 0 atom stereocenters. The second kappa shape index (κ2) is 6.22. The average molecular weight is 363 g/mol. The number of benzene rings is 2. The van der Waals surface area contributed by atoms with E-state index in [1.54, 1.807) is 24.3 Å². The third-order valence-electron chi connectivity index (χ3n) is 3.42. The summed E-state index contributed by atoms with van der Waals surface area (Å²) in [5.74, 6) is -1.64. The summed E-state index contributed by atoms with van der Waals surface area (Å²) in [5.41, 5.74) is -0.922. The molecular formula is C17H11ClO5S. The molecule has 0 aliphatic carbocycles. The highest BCUT2D eigenvalue weighted by Crippen LogP contribution is 2.19. The first-order valence-corrected chi connectivity index (χ1v) is 8.94. The number of carbonyl (C=O) groups excluding carboxylic acids is 1. The molecule has 24 heavy (non-hydrogen) atoms. The van der Waals surface area contributed by atoms with Gasteiger partial charge in [-0.05, 0) is 36.4 Å². The van der Waals surface area contributed by atoms with Crippen molar-refractivity contribution in [3.63, 3.8) is 0 Å². The van der Waals surface area contributed by atoms with E-state index in [9.17, 15) is 18.0 Å². The van der Waals surface area contributed by atoms with Gasteiger partial charge in [0.25, 0.3) is 0 Å². The first-order chi connectivity index (χ1) is 11.4. The maximum Gasteiger partial charge on any atom is 0.347 e. The summed E-state index contributed by atoms with van der Waals surface area (Å²) in [6, 6.07) is 13.5. The van der Waals surface area contributed by atoms with Crippen molar-refractivity contribution in [3.05, 3.63) is 75.6 Å². The molecule has 7 heteroatoms. The fraction of sp³-hybridized carbons (Fsp3) is 0.0588. The van der Waals surface area contributed by atoms with Crippen molar-refractivity contribution in [2.75, 3.05) is 5.75 Å². The lowest BCUT2D eigenvalue weighted by molar-refractivity contribution is 0.101. The summed E-state index contributed by atoms with van der Waals surface area (Å²) in [6.45, 7) is 0. The fourth-order valence-corrected chi connectivity index (χ4v) is 3.67. The van der Waals surface area contributed by atoms with Crippen LogP contribution in [-0.2, 0) is 9.84 Å². The minimum atomic E-state index is -3.84. The fourth-order valence-electron chi connectivity index (χ4n) is 2.25. The van der Waals surface area contributed by atoms with Crippen LogP contribution >= 0.6 is 11.6 Å². The van der Waals surface area contributed by atoms with Gasteiger partial charge in [-0.15, -0.1) is 0 Å². The van der Waals surface area contributed by atoms with E-state index in [4.69, 9.17) is 16.0 Å². The van der Waals surface area contributed by atoms with Gasteiger partial charge in [0.15, 0.2) is 15.6 Å². The van der Waals surface area contributed by atoms with Gasteiger partial charge in [0.1, 0.15) is 16.9 Å². The summed E-state index contributed by atoms with van der Waals surface area (Å²) in [7, 11) is -3.84. The van der Waals surface area contributed by atoms with Crippen LogP contribution in [0.3, 0.4) is 0 Å². The zero-order valence-corrected chi connectivity index (χ0v) is 13.8. The van der Waals surface area contributed by atoms with Crippen LogP contribution in [0.4, 0.5) is 0 Å². The third-order valence-corrected chi connectivity index (χ3v) is 5.29. The topological polar surface area (TPSA) is 81.4 Å². The number of sulfone groups is 1. The molecule has 1 heterocycles. The van der Waals surface area contributed by atoms with Gasteiger partial charge in [-0.3, -0.25) is 4.79 Å².